The average Bonchev–Trinajstić information content (AvgIpc) is 2.34. The Morgan fingerprint density at radius 3 is 2.68 bits per heavy atom. The van der Waals surface area contributed by atoms with E-state index in [-0.39, 0.29) is 24.3 Å². The second-order valence-corrected chi connectivity index (χ2v) is 6.65. The maximum atomic E-state index is 12.1. The summed E-state index contributed by atoms with van der Waals surface area (Å²) in [4.78, 5) is 10.6. The van der Waals surface area contributed by atoms with Gasteiger partial charge in [0.25, 0.3) is 0 Å². The van der Waals surface area contributed by atoms with Gasteiger partial charge < -0.3 is 5.11 Å². The minimum atomic E-state index is -3.58. The van der Waals surface area contributed by atoms with Crippen LogP contribution in [0.2, 0.25) is 0 Å². The van der Waals surface area contributed by atoms with E-state index in [0.29, 0.717) is 6.42 Å². The molecule has 0 atom stereocenters. The molecule has 0 saturated carbocycles. The van der Waals surface area contributed by atoms with Gasteiger partial charge in [-0.25, -0.2) is 13.1 Å². The number of carbonyl (C=O) groups is 1. The molecule has 0 heterocycles. The van der Waals surface area contributed by atoms with Crippen LogP contribution in [0.3, 0.4) is 0 Å². The number of nitrogens with one attached hydrogen (secondary N) is 1. The van der Waals surface area contributed by atoms with Gasteiger partial charge in [0, 0.05) is 17.4 Å². The van der Waals surface area contributed by atoms with Crippen molar-refractivity contribution >= 4 is 31.9 Å². The summed E-state index contributed by atoms with van der Waals surface area (Å²) in [6, 6.07) is 4.99. The Morgan fingerprint density at radius 2 is 2.11 bits per heavy atom. The third-order valence-electron chi connectivity index (χ3n) is 2.55. The summed E-state index contributed by atoms with van der Waals surface area (Å²) >= 11 is 3.30. The third-order valence-corrected chi connectivity index (χ3v) is 4.61. The van der Waals surface area contributed by atoms with E-state index >= 15 is 0 Å². The molecule has 1 aromatic rings. The molecule has 5 nitrogen and oxygen atoms in total. The molecule has 0 aliphatic heterocycles. The molecule has 106 valence electrons. The van der Waals surface area contributed by atoms with Crippen molar-refractivity contribution in [1.82, 2.24) is 4.72 Å². The molecule has 0 saturated heterocycles. The number of benzene rings is 1. The lowest BCUT2D eigenvalue weighted by Gasteiger charge is -2.10. The molecule has 0 amide bonds. The fourth-order valence-electron chi connectivity index (χ4n) is 1.61. The van der Waals surface area contributed by atoms with Gasteiger partial charge in [-0.15, -0.1) is 0 Å². The summed E-state index contributed by atoms with van der Waals surface area (Å²) in [5, 5.41) is 8.49. The van der Waals surface area contributed by atoms with Crippen LogP contribution in [0.25, 0.3) is 0 Å². The van der Waals surface area contributed by atoms with Crippen LogP contribution >= 0.6 is 15.9 Å². The average molecular weight is 350 g/mol. The van der Waals surface area contributed by atoms with Crippen molar-refractivity contribution in [3.63, 3.8) is 0 Å². The van der Waals surface area contributed by atoms with Gasteiger partial charge in [-0.3, -0.25) is 4.79 Å². The van der Waals surface area contributed by atoms with Crippen molar-refractivity contribution in [2.24, 2.45) is 0 Å². The highest BCUT2D eigenvalue weighted by atomic mass is 79.9. The number of rotatable bonds is 7. The van der Waals surface area contributed by atoms with E-state index in [0.717, 1.165) is 10.0 Å². The van der Waals surface area contributed by atoms with Gasteiger partial charge >= 0.3 is 5.97 Å². The lowest BCUT2D eigenvalue weighted by Crippen LogP contribution is -2.26. The number of carboxylic acids is 1. The van der Waals surface area contributed by atoms with E-state index in [1.165, 1.54) is 0 Å². The minimum Gasteiger partial charge on any atom is -0.481 e. The minimum absolute atomic E-state index is 0.0521. The molecule has 0 fully saturated rings. The maximum Gasteiger partial charge on any atom is 0.303 e. The van der Waals surface area contributed by atoms with Crippen LogP contribution in [0.4, 0.5) is 0 Å². The largest absolute Gasteiger partial charge is 0.481 e. The smallest absolute Gasteiger partial charge is 0.303 e. The van der Waals surface area contributed by atoms with Crippen molar-refractivity contribution < 1.29 is 18.3 Å². The fourth-order valence-corrected chi connectivity index (χ4v) is 3.38. The first-order valence-electron chi connectivity index (χ1n) is 5.86. The molecular weight excluding hydrogens is 334 g/mol. The van der Waals surface area contributed by atoms with Crippen LogP contribution in [0.15, 0.2) is 27.6 Å². The number of aliphatic carboxylic acids is 1. The molecular formula is C12H16BrNO4S. The highest BCUT2D eigenvalue weighted by Crippen LogP contribution is 2.21. The highest BCUT2D eigenvalue weighted by Gasteiger charge is 2.17. The Kier molecular flexibility index (Phi) is 5.96. The van der Waals surface area contributed by atoms with Crippen molar-refractivity contribution in [3.8, 4) is 0 Å². The summed E-state index contributed by atoms with van der Waals surface area (Å²) in [5.74, 6) is -0.933. The van der Waals surface area contributed by atoms with E-state index in [1.54, 1.807) is 18.2 Å². The van der Waals surface area contributed by atoms with Gasteiger partial charge in [0.15, 0.2) is 0 Å². The zero-order chi connectivity index (χ0) is 14.5. The van der Waals surface area contributed by atoms with Crippen LogP contribution in [0.1, 0.15) is 25.3 Å². The standard InChI is InChI=1S/C12H16BrNO4S/c1-2-9-8-10(13)5-6-11(9)19(17,18)14-7-3-4-12(15)16/h5-6,8,14H,2-4,7H2,1H3,(H,15,16). The molecule has 19 heavy (non-hydrogen) atoms. The Balaban J connectivity index is 2.80. The lowest BCUT2D eigenvalue weighted by molar-refractivity contribution is -0.137. The van der Waals surface area contributed by atoms with E-state index in [1.807, 2.05) is 6.92 Å². The number of hydrogen-bond donors (Lipinski definition) is 2. The normalized spacial score (nSPS) is 11.5. The summed E-state index contributed by atoms with van der Waals surface area (Å²) in [7, 11) is -3.58. The summed E-state index contributed by atoms with van der Waals surface area (Å²) in [5.41, 5.74) is 0.722. The summed E-state index contributed by atoms with van der Waals surface area (Å²) in [6.45, 7) is 2.00. The quantitative estimate of drug-likeness (QED) is 0.738. The molecule has 7 heteroatoms. The van der Waals surface area contributed by atoms with Crippen LogP contribution < -0.4 is 4.72 Å². The molecule has 1 rings (SSSR count). The number of hydrogen-bond acceptors (Lipinski definition) is 3. The Bertz CT molecular complexity index is 557. The van der Waals surface area contributed by atoms with Crippen molar-refractivity contribution in [1.29, 1.82) is 0 Å². The first-order chi connectivity index (χ1) is 8.86. The predicted molar refractivity (Wildman–Crippen MR) is 75.6 cm³/mol. The van der Waals surface area contributed by atoms with Crippen molar-refractivity contribution in [2.75, 3.05) is 6.54 Å². The number of halogens is 1. The highest BCUT2D eigenvalue weighted by molar-refractivity contribution is 9.10. The van der Waals surface area contributed by atoms with Gasteiger partial charge in [0.05, 0.1) is 4.90 Å². The molecule has 0 aromatic heterocycles. The maximum absolute atomic E-state index is 12.1. The van der Waals surface area contributed by atoms with Crippen LogP contribution in [-0.4, -0.2) is 26.0 Å². The molecule has 0 bridgehead atoms. The third kappa shape index (κ3) is 4.93. The van der Waals surface area contributed by atoms with E-state index < -0.39 is 16.0 Å². The summed E-state index contributed by atoms with van der Waals surface area (Å²) in [6.07, 6.45) is 0.820. The molecule has 1 aromatic carbocycles. The topological polar surface area (TPSA) is 83.5 Å². The molecule has 2 N–H and O–H groups in total. The van der Waals surface area contributed by atoms with Crippen LogP contribution in [-0.2, 0) is 21.2 Å². The van der Waals surface area contributed by atoms with Crippen molar-refractivity contribution in [3.05, 3.63) is 28.2 Å². The number of carboxylic acid groups (broad SMARTS) is 1. The Hall–Kier alpha value is -0.920. The first kappa shape index (κ1) is 16.1. The molecule has 0 unspecified atom stereocenters. The molecule has 0 radical (unpaired) electrons. The zero-order valence-corrected chi connectivity index (χ0v) is 12.9. The number of sulfonamides is 1. The van der Waals surface area contributed by atoms with E-state index in [2.05, 4.69) is 20.7 Å². The molecule has 0 aliphatic rings. The summed E-state index contributed by atoms with van der Waals surface area (Å²) < 4.78 is 27.4. The molecule has 0 spiro atoms. The van der Waals surface area contributed by atoms with E-state index in [9.17, 15) is 13.2 Å². The Morgan fingerprint density at radius 1 is 1.42 bits per heavy atom. The molecule has 0 aliphatic carbocycles. The van der Waals surface area contributed by atoms with Crippen molar-refractivity contribution in [2.45, 2.75) is 31.1 Å². The second kappa shape index (κ2) is 7.02. The van der Waals surface area contributed by atoms with Gasteiger partial charge in [0.2, 0.25) is 10.0 Å². The predicted octanol–water partition coefficient (Wildman–Crippen LogP) is 2.15. The Labute approximate surface area is 121 Å². The SMILES string of the molecule is CCc1cc(Br)ccc1S(=O)(=O)NCCCC(=O)O. The van der Waals surface area contributed by atoms with Gasteiger partial charge in [-0.1, -0.05) is 22.9 Å². The van der Waals surface area contributed by atoms with Crippen LogP contribution in [0.5, 0.6) is 0 Å². The first-order valence-corrected chi connectivity index (χ1v) is 8.14. The lowest BCUT2D eigenvalue weighted by atomic mass is 10.2. The monoisotopic (exact) mass is 349 g/mol. The van der Waals surface area contributed by atoms with Gasteiger partial charge in [0.1, 0.15) is 0 Å². The number of aryl methyl sites for hydroxylation is 1. The van der Waals surface area contributed by atoms with Gasteiger partial charge in [-0.2, -0.15) is 0 Å². The van der Waals surface area contributed by atoms with E-state index in [4.69, 9.17) is 5.11 Å². The zero-order valence-electron chi connectivity index (χ0n) is 10.5. The fraction of sp³-hybridized carbons (Fsp3) is 0.417. The van der Waals surface area contributed by atoms with Crippen LogP contribution in [0, 0.1) is 0 Å². The van der Waals surface area contributed by atoms with Gasteiger partial charge in [-0.05, 0) is 36.6 Å². The second-order valence-electron chi connectivity index (χ2n) is 4.00.